The molecule has 1 aliphatic carbocycles. The van der Waals surface area contributed by atoms with Gasteiger partial charge in [-0.3, -0.25) is 4.79 Å². The van der Waals surface area contributed by atoms with Crippen LogP contribution in [0.15, 0.2) is 36.4 Å². The summed E-state index contributed by atoms with van der Waals surface area (Å²) in [5, 5.41) is 13.6. The van der Waals surface area contributed by atoms with Gasteiger partial charge in [0.2, 0.25) is 0 Å². The normalized spacial score (nSPS) is 23.9. The standard InChI is InChI=1S/C33H46N2O4/c36-33(37)30(28-13-1-2-14-29(28)31-15-4-6-22-39-31)19-16-24-9-7-12-27(23-24)38-21-5-3-11-26-18-17-25-10-8-20-34-32(25)35-26/h1-2,13-14,17-18,24,27,30-31H,3-12,15-16,19-23H2,(H,34,35)(H,36,37)/t24?,27-,30?,31?/m1/s1. The lowest BCUT2D eigenvalue weighted by molar-refractivity contribution is -0.139. The molecular weight excluding hydrogens is 488 g/mol. The molecule has 2 fully saturated rings. The highest BCUT2D eigenvalue weighted by atomic mass is 16.5. The molecule has 0 spiro atoms. The van der Waals surface area contributed by atoms with Gasteiger partial charge in [0.15, 0.2) is 0 Å². The van der Waals surface area contributed by atoms with Gasteiger partial charge in [-0.15, -0.1) is 0 Å². The van der Waals surface area contributed by atoms with Crippen LogP contribution in [-0.4, -0.2) is 41.9 Å². The molecule has 3 unspecified atom stereocenters. The van der Waals surface area contributed by atoms with Crippen molar-refractivity contribution in [2.45, 2.75) is 108 Å². The molecule has 2 aliphatic heterocycles. The average molecular weight is 535 g/mol. The first kappa shape index (κ1) is 28.1. The zero-order chi connectivity index (χ0) is 26.9. The van der Waals surface area contributed by atoms with Crippen LogP contribution >= 0.6 is 0 Å². The monoisotopic (exact) mass is 534 g/mol. The van der Waals surface area contributed by atoms with Crippen LogP contribution in [0.3, 0.4) is 0 Å². The summed E-state index contributed by atoms with van der Waals surface area (Å²) in [5.74, 6) is 0.432. The topological polar surface area (TPSA) is 80.7 Å². The molecule has 4 atom stereocenters. The molecule has 2 N–H and O–H groups in total. The van der Waals surface area contributed by atoms with E-state index in [-0.39, 0.29) is 6.10 Å². The number of nitrogens with zero attached hydrogens (tertiary/aromatic N) is 1. The molecule has 1 aromatic carbocycles. The number of unbranched alkanes of at least 4 members (excludes halogenated alkanes) is 1. The van der Waals surface area contributed by atoms with E-state index in [1.165, 1.54) is 30.5 Å². The first-order chi connectivity index (χ1) is 19.2. The quantitative estimate of drug-likeness (QED) is 0.280. The first-order valence-corrected chi connectivity index (χ1v) is 15.4. The number of pyridine rings is 1. The minimum atomic E-state index is -0.717. The van der Waals surface area contributed by atoms with Gasteiger partial charge >= 0.3 is 5.97 Å². The Balaban J connectivity index is 1.06. The fourth-order valence-electron chi connectivity index (χ4n) is 6.74. The van der Waals surface area contributed by atoms with E-state index in [0.29, 0.717) is 18.4 Å². The lowest BCUT2D eigenvalue weighted by Crippen LogP contribution is -2.24. The van der Waals surface area contributed by atoms with Gasteiger partial charge in [-0.25, -0.2) is 4.98 Å². The van der Waals surface area contributed by atoms with Crippen LogP contribution in [-0.2, 0) is 27.1 Å². The number of aromatic nitrogens is 1. The third-order valence-corrected chi connectivity index (χ3v) is 8.93. The largest absolute Gasteiger partial charge is 0.481 e. The van der Waals surface area contributed by atoms with Crippen molar-refractivity contribution in [2.24, 2.45) is 5.92 Å². The molecule has 6 heteroatoms. The summed E-state index contributed by atoms with van der Waals surface area (Å²) in [6, 6.07) is 12.5. The molecule has 3 heterocycles. The third kappa shape index (κ3) is 7.82. The fourth-order valence-corrected chi connectivity index (χ4v) is 6.74. The highest BCUT2D eigenvalue weighted by molar-refractivity contribution is 5.76. The number of carbonyl (C=O) groups is 1. The van der Waals surface area contributed by atoms with Gasteiger partial charge in [-0.05, 0) is 106 Å². The summed E-state index contributed by atoms with van der Waals surface area (Å²) in [6.45, 7) is 2.59. The van der Waals surface area contributed by atoms with E-state index in [0.717, 1.165) is 101 Å². The summed E-state index contributed by atoms with van der Waals surface area (Å²) in [6.07, 6.45) is 15.2. The number of aryl methyl sites for hydroxylation is 2. The number of carboxylic acid groups (broad SMARTS) is 1. The van der Waals surface area contributed by atoms with Crippen molar-refractivity contribution in [2.75, 3.05) is 25.1 Å². The number of rotatable bonds is 12. The Morgan fingerprint density at radius 3 is 2.87 bits per heavy atom. The van der Waals surface area contributed by atoms with Crippen molar-refractivity contribution in [3.8, 4) is 0 Å². The molecule has 1 saturated carbocycles. The van der Waals surface area contributed by atoms with E-state index in [2.05, 4.69) is 23.5 Å². The number of fused-ring (bicyclic) bond motifs is 1. The van der Waals surface area contributed by atoms with E-state index in [4.69, 9.17) is 14.5 Å². The van der Waals surface area contributed by atoms with Crippen LogP contribution in [0.2, 0.25) is 0 Å². The van der Waals surface area contributed by atoms with Crippen LogP contribution in [0.25, 0.3) is 0 Å². The summed E-state index contributed by atoms with van der Waals surface area (Å²) in [5.41, 5.74) is 4.55. The van der Waals surface area contributed by atoms with Gasteiger partial charge in [0.05, 0.1) is 18.1 Å². The lowest BCUT2D eigenvalue weighted by atomic mass is 9.80. The van der Waals surface area contributed by atoms with E-state index in [1.54, 1.807) is 0 Å². The number of aliphatic carboxylic acids is 1. The summed E-state index contributed by atoms with van der Waals surface area (Å²) < 4.78 is 12.3. The Bertz CT molecular complexity index is 1070. The minimum absolute atomic E-state index is 0.0314. The third-order valence-electron chi connectivity index (χ3n) is 8.93. The van der Waals surface area contributed by atoms with Crippen molar-refractivity contribution in [3.63, 3.8) is 0 Å². The number of carboxylic acids is 1. The fraction of sp³-hybridized carbons (Fsp3) is 0.636. The smallest absolute Gasteiger partial charge is 0.310 e. The molecule has 1 saturated heterocycles. The Morgan fingerprint density at radius 1 is 1.08 bits per heavy atom. The molecule has 212 valence electrons. The maximum absolute atomic E-state index is 12.4. The molecule has 0 bridgehead atoms. The van der Waals surface area contributed by atoms with Crippen LogP contribution in [0, 0.1) is 5.92 Å². The van der Waals surface area contributed by atoms with Gasteiger partial charge in [-0.2, -0.15) is 0 Å². The number of anilines is 1. The summed E-state index contributed by atoms with van der Waals surface area (Å²) in [4.78, 5) is 17.2. The number of ether oxygens (including phenoxy) is 2. The predicted octanol–water partition coefficient (Wildman–Crippen LogP) is 7.23. The molecule has 0 amide bonds. The van der Waals surface area contributed by atoms with E-state index in [9.17, 15) is 9.90 Å². The first-order valence-electron chi connectivity index (χ1n) is 15.4. The molecule has 39 heavy (non-hydrogen) atoms. The van der Waals surface area contributed by atoms with Crippen LogP contribution in [0.5, 0.6) is 0 Å². The van der Waals surface area contributed by atoms with E-state index >= 15 is 0 Å². The molecule has 1 aromatic heterocycles. The zero-order valence-electron chi connectivity index (χ0n) is 23.4. The van der Waals surface area contributed by atoms with Crippen LogP contribution in [0.1, 0.15) is 111 Å². The van der Waals surface area contributed by atoms with Crippen molar-refractivity contribution in [1.82, 2.24) is 4.98 Å². The maximum atomic E-state index is 12.4. The summed E-state index contributed by atoms with van der Waals surface area (Å²) in [7, 11) is 0. The predicted molar refractivity (Wildman–Crippen MR) is 154 cm³/mol. The van der Waals surface area contributed by atoms with E-state index in [1.807, 2.05) is 18.2 Å². The summed E-state index contributed by atoms with van der Waals surface area (Å²) >= 11 is 0. The number of nitrogens with one attached hydrogen (secondary N) is 1. The lowest BCUT2D eigenvalue weighted by Gasteiger charge is -2.30. The maximum Gasteiger partial charge on any atom is 0.310 e. The molecule has 0 radical (unpaired) electrons. The minimum Gasteiger partial charge on any atom is -0.481 e. The Kier molecular flexibility index (Phi) is 10.3. The highest BCUT2D eigenvalue weighted by Crippen LogP contribution is 2.37. The van der Waals surface area contributed by atoms with Gasteiger partial charge in [-0.1, -0.05) is 43.2 Å². The second-order valence-corrected chi connectivity index (χ2v) is 11.8. The second kappa shape index (κ2) is 14.3. The molecular formula is C33H46N2O4. The van der Waals surface area contributed by atoms with Gasteiger partial charge in [0.1, 0.15) is 5.82 Å². The van der Waals surface area contributed by atoms with Gasteiger partial charge in [0, 0.05) is 25.5 Å². The molecule has 2 aromatic rings. The van der Waals surface area contributed by atoms with Crippen molar-refractivity contribution < 1.29 is 19.4 Å². The SMILES string of the molecule is O=C(O)C(CCC1CCC[C@@H](OCCCCc2ccc3c(n2)NCCC3)C1)c1ccccc1C1CCCCO1. The van der Waals surface area contributed by atoms with E-state index < -0.39 is 11.9 Å². The van der Waals surface area contributed by atoms with Crippen molar-refractivity contribution in [3.05, 3.63) is 58.8 Å². The Morgan fingerprint density at radius 2 is 2.00 bits per heavy atom. The second-order valence-electron chi connectivity index (χ2n) is 11.8. The van der Waals surface area contributed by atoms with Crippen LogP contribution < -0.4 is 5.32 Å². The Labute approximate surface area is 233 Å². The number of benzene rings is 1. The number of hydrogen-bond donors (Lipinski definition) is 2. The zero-order valence-corrected chi connectivity index (χ0v) is 23.4. The van der Waals surface area contributed by atoms with Gasteiger partial charge < -0.3 is 19.9 Å². The van der Waals surface area contributed by atoms with Gasteiger partial charge in [0.25, 0.3) is 0 Å². The number of hydrogen-bond acceptors (Lipinski definition) is 5. The molecule has 6 nitrogen and oxygen atoms in total. The van der Waals surface area contributed by atoms with Crippen molar-refractivity contribution in [1.29, 1.82) is 0 Å². The highest BCUT2D eigenvalue weighted by Gasteiger charge is 2.29. The molecule has 3 aliphatic rings. The average Bonchev–Trinajstić information content (AvgIpc) is 2.98. The van der Waals surface area contributed by atoms with Crippen molar-refractivity contribution >= 4 is 11.8 Å². The molecule has 5 rings (SSSR count). The van der Waals surface area contributed by atoms with Crippen LogP contribution in [0.4, 0.5) is 5.82 Å². The Hall–Kier alpha value is -2.44.